The second-order valence-electron chi connectivity index (χ2n) is 5.54. The van der Waals surface area contributed by atoms with E-state index in [1.54, 1.807) is 0 Å². The van der Waals surface area contributed by atoms with Crippen LogP contribution in [-0.2, 0) is 37.5 Å². The Bertz CT molecular complexity index is 189. The molecular weight excluding hydrogens is 303 g/mol. The van der Waals surface area contributed by atoms with E-state index in [1.807, 2.05) is 0 Å². The molecule has 0 saturated heterocycles. The molecule has 1 unspecified atom stereocenters. The van der Waals surface area contributed by atoms with Crippen molar-refractivity contribution in [1.29, 1.82) is 0 Å². The predicted octanol–water partition coefficient (Wildman–Crippen LogP) is 2.21. The van der Waals surface area contributed by atoms with Gasteiger partial charge in [0.05, 0.1) is 27.7 Å². The maximum atomic E-state index is 10.6. The van der Waals surface area contributed by atoms with Crippen LogP contribution in [0.4, 0.5) is 0 Å². The van der Waals surface area contributed by atoms with Crippen molar-refractivity contribution in [2.75, 3.05) is 27.7 Å². The van der Waals surface area contributed by atoms with E-state index >= 15 is 0 Å². The van der Waals surface area contributed by atoms with Gasteiger partial charge in [-0.2, -0.15) is 0 Å². The van der Waals surface area contributed by atoms with Crippen LogP contribution >= 0.6 is 0 Å². The van der Waals surface area contributed by atoms with Crippen molar-refractivity contribution >= 4 is 5.97 Å². The van der Waals surface area contributed by atoms with Gasteiger partial charge in [0.25, 0.3) is 0 Å². The van der Waals surface area contributed by atoms with Crippen LogP contribution in [0.2, 0.25) is 0 Å². The van der Waals surface area contributed by atoms with Crippen LogP contribution in [-0.4, -0.2) is 38.1 Å². The van der Waals surface area contributed by atoms with Crippen LogP contribution in [0.1, 0.15) is 41.5 Å². The van der Waals surface area contributed by atoms with E-state index in [2.05, 4.69) is 35.0 Å². The quantitative estimate of drug-likeness (QED) is 0.551. The average Bonchev–Trinajstić information content (AvgIpc) is 1.77. The summed E-state index contributed by atoms with van der Waals surface area (Å²) in [5.41, 5.74) is 0. The van der Waals surface area contributed by atoms with Crippen molar-refractivity contribution in [3.05, 3.63) is 7.43 Å². The number of hydrogen-bond acceptors (Lipinski definition) is 2. The van der Waals surface area contributed by atoms with E-state index in [4.69, 9.17) is 0 Å². The molecular formula is C14H34NO2Y-. The van der Waals surface area contributed by atoms with Crippen molar-refractivity contribution in [1.82, 2.24) is 0 Å². The van der Waals surface area contributed by atoms with E-state index in [9.17, 15) is 9.90 Å². The average molecular weight is 337 g/mol. The molecule has 0 heterocycles. The number of carboxylic acid groups (broad SMARTS) is 1. The topological polar surface area (TPSA) is 40.1 Å². The smallest absolute Gasteiger partial charge is 0.0812 e. The van der Waals surface area contributed by atoms with Gasteiger partial charge in [-0.1, -0.05) is 28.7 Å². The normalized spacial score (nSPS) is 11.2. The summed E-state index contributed by atoms with van der Waals surface area (Å²) in [6.07, 6.45) is 1.15. The molecule has 0 saturated carbocycles. The molecule has 0 aromatic rings. The monoisotopic (exact) mass is 337 g/mol. The summed E-state index contributed by atoms with van der Waals surface area (Å²) in [6, 6.07) is 0. The third kappa shape index (κ3) is 21.8. The van der Waals surface area contributed by atoms with Gasteiger partial charge in [-0.25, -0.2) is 0 Å². The number of carboxylic acids is 1. The van der Waals surface area contributed by atoms with Gasteiger partial charge in [0.2, 0.25) is 0 Å². The summed E-state index contributed by atoms with van der Waals surface area (Å²) in [5, 5.41) is 10.6. The molecule has 3 nitrogen and oxygen atoms in total. The van der Waals surface area contributed by atoms with Crippen LogP contribution < -0.4 is 5.11 Å². The second kappa shape index (κ2) is 14.0. The van der Waals surface area contributed by atoms with Gasteiger partial charge in [0.15, 0.2) is 0 Å². The van der Waals surface area contributed by atoms with Crippen molar-refractivity contribution < 1.29 is 47.1 Å². The Morgan fingerprint density at radius 2 is 1.56 bits per heavy atom. The fourth-order valence-corrected chi connectivity index (χ4v) is 1.90. The maximum absolute atomic E-state index is 10.6. The van der Waals surface area contributed by atoms with E-state index in [1.165, 1.54) is 0 Å². The van der Waals surface area contributed by atoms with Crippen molar-refractivity contribution in [2.45, 2.75) is 41.5 Å². The summed E-state index contributed by atoms with van der Waals surface area (Å²) in [4.78, 5) is 10.6. The van der Waals surface area contributed by atoms with E-state index < -0.39 is 5.97 Å². The van der Waals surface area contributed by atoms with Gasteiger partial charge in [-0.3, -0.25) is 0 Å². The van der Waals surface area contributed by atoms with Gasteiger partial charge in [-0.05, 0) is 18.8 Å². The first-order valence-electron chi connectivity index (χ1n) is 5.21. The first-order chi connectivity index (χ1) is 6.20. The molecule has 0 rings (SSSR count). The first-order valence-corrected chi connectivity index (χ1v) is 5.21. The minimum Gasteiger partial charge on any atom is -0.550 e. The van der Waals surface area contributed by atoms with Crippen LogP contribution in [0, 0.1) is 19.3 Å². The molecule has 111 valence electrons. The van der Waals surface area contributed by atoms with Crippen LogP contribution in [0.15, 0.2) is 0 Å². The Morgan fingerprint density at radius 1 is 1.17 bits per heavy atom. The fraction of sp³-hybridized carbons (Fsp3) is 0.857. The molecule has 0 aliphatic carbocycles. The fourth-order valence-electron chi connectivity index (χ4n) is 1.90. The van der Waals surface area contributed by atoms with Crippen LogP contribution in [0.3, 0.4) is 0 Å². The van der Waals surface area contributed by atoms with Gasteiger partial charge in [-0.15, -0.1) is 0 Å². The molecule has 0 aromatic carbocycles. The molecule has 0 aliphatic rings. The number of quaternary nitrogens is 1. The molecule has 0 spiro atoms. The molecule has 0 amide bonds. The van der Waals surface area contributed by atoms with E-state index in [0.717, 1.165) is 17.4 Å². The third-order valence-electron chi connectivity index (χ3n) is 2.07. The molecule has 1 radical (unpaired) electrons. The Morgan fingerprint density at radius 3 is 1.78 bits per heavy atom. The molecule has 0 fully saturated rings. The molecule has 0 N–H and O–H groups in total. The Kier molecular flexibility index (Phi) is 24.1. The molecule has 0 bridgehead atoms. The zero-order valence-corrected chi connectivity index (χ0v) is 14.5. The zero-order valence-electron chi connectivity index (χ0n) is 11.6. The van der Waals surface area contributed by atoms with E-state index in [-0.39, 0.29) is 67.3 Å². The second-order valence-corrected chi connectivity index (χ2v) is 5.54. The van der Waals surface area contributed by atoms with Gasteiger partial charge in [0.1, 0.15) is 0 Å². The number of carbonyl (C=O) groups excluding carboxylic acids is 1. The van der Waals surface area contributed by atoms with Crippen molar-refractivity contribution in [2.24, 2.45) is 11.8 Å². The number of nitrogens with zero attached hydrogens (tertiary/aromatic N) is 1. The van der Waals surface area contributed by atoms with E-state index in [0.29, 0.717) is 5.92 Å². The summed E-state index contributed by atoms with van der Waals surface area (Å²) in [5.74, 6) is -0.144. The molecule has 0 aliphatic heterocycles. The number of carbonyl (C=O) groups is 1. The van der Waals surface area contributed by atoms with Crippen molar-refractivity contribution in [3.8, 4) is 0 Å². The minimum atomic E-state index is -0.927. The standard InChI is InChI=1S/C11H23NO2.2CH4.CH3.Y/c1-9(2)6-10(7-11(13)14)8-12(3,4)5;;;;/h9-10H,6-8H2,1-5H3;2*1H4;1H3;/q;;;-1;. The molecule has 18 heavy (non-hydrogen) atoms. The number of rotatable bonds is 6. The predicted molar refractivity (Wildman–Crippen MR) is 75.3 cm³/mol. The molecule has 1 atom stereocenters. The zero-order chi connectivity index (χ0) is 11.4. The summed E-state index contributed by atoms with van der Waals surface area (Å²) < 4.78 is 0.810. The van der Waals surface area contributed by atoms with Crippen LogP contribution in [0.25, 0.3) is 0 Å². The summed E-state index contributed by atoms with van der Waals surface area (Å²) in [7, 11) is 6.26. The van der Waals surface area contributed by atoms with Gasteiger partial charge >= 0.3 is 0 Å². The summed E-state index contributed by atoms with van der Waals surface area (Å²) in [6.45, 7) is 5.14. The van der Waals surface area contributed by atoms with Gasteiger partial charge < -0.3 is 21.8 Å². The third-order valence-corrected chi connectivity index (χ3v) is 2.07. The molecule has 0 aromatic heterocycles. The summed E-state index contributed by atoms with van der Waals surface area (Å²) >= 11 is 0. The number of aliphatic carboxylic acids is 1. The van der Waals surface area contributed by atoms with Crippen molar-refractivity contribution in [3.63, 3.8) is 0 Å². The van der Waals surface area contributed by atoms with Crippen LogP contribution in [0.5, 0.6) is 0 Å². The minimum absolute atomic E-state index is 0. The Balaban J connectivity index is -0.000000141. The Hall–Kier alpha value is 0.534. The maximum Gasteiger partial charge on any atom is 0.0812 e. The van der Waals surface area contributed by atoms with Gasteiger partial charge in [0, 0.05) is 44.6 Å². The SMILES string of the molecule is C.C.CC(C)CC(CC(=O)[O-])C[N+](C)(C)C.[CH3-].[Y]. The number of hydrogen-bond donors (Lipinski definition) is 0. The largest absolute Gasteiger partial charge is 0.550 e. The Labute approximate surface area is 141 Å². The first kappa shape index (κ1) is 31.1. The molecule has 4 heteroatoms.